The first-order chi connectivity index (χ1) is 14.1. The van der Waals surface area contributed by atoms with Gasteiger partial charge in [-0.05, 0) is 49.2 Å². The molecular formula is C24H25N3O2. The Bertz CT molecular complexity index is 981. The van der Waals surface area contributed by atoms with Crippen molar-refractivity contribution in [1.29, 1.82) is 0 Å². The van der Waals surface area contributed by atoms with Crippen LogP contribution in [0.3, 0.4) is 0 Å². The van der Waals surface area contributed by atoms with Gasteiger partial charge in [0, 0.05) is 17.2 Å². The number of aliphatic hydroxyl groups excluding tert-OH is 1. The van der Waals surface area contributed by atoms with Gasteiger partial charge in [0.25, 0.3) is 5.91 Å². The third-order valence-electron chi connectivity index (χ3n) is 5.55. The molecule has 4 N–H and O–H groups in total. The van der Waals surface area contributed by atoms with Crippen molar-refractivity contribution in [3.8, 4) is 11.3 Å². The van der Waals surface area contributed by atoms with E-state index in [1.165, 1.54) is 0 Å². The largest absolute Gasteiger partial charge is 0.384 e. The lowest BCUT2D eigenvalue weighted by Gasteiger charge is -2.23. The van der Waals surface area contributed by atoms with Gasteiger partial charge in [-0.15, -0.1) is 0 Å². The second kappa shape index (κ2) is 8.55. The van der Waals surface area contributed by atoms with Crippen LogP contribution >= 0.6 is 0 Å². The normalized spacial score (nSPS) is 15.8. The summed E-state index contributed by atoms with van der Waals surface area (Å²) in [5.74, 6) is -0.103. The molecule has 0 aliphatic carbocycles. The zero-order valence-electron chi connectivity index (χ0n) is 16.2. The molecule has 1 fully saturated rings. The van der Waals surface area contributed by atoms with Crippen LogP contribution in [0.5, 0.6) is 0 Å². The monoisotopic (exact) mass is 387 g/mol. The summed E-state index contributed by atoms with van der Waals surface area (Å²) in [6, 6.07) is 20.8. The number of pyridine rings is 1. The highest BCUT2D eigenvalue weighted by atomic mass is 16.3. The van der Waals surface area contributed by atoms with Gasteiger partial charge >= 0.3 is 0 Å². The van der Waals surface area contributed by atoms with Gasteiger partial charge < -0.3 is 16.2 Å². The zero-order valence-corrected chi connectivity index (χ0v) is 16.2. The summed E-state index contributed by atoms with van der Waals surface area (Å²) < 4.78 is 0. The van der Waals surface area contributed by atoms with Crippen molar-refractivity contribution < 1.29 is 9.90 Å². The Morgan fingerprint density at radius 3 is 2.28 bits per heavy atom. The van der Waals surface area contributed by atoms with Gasteiger partial charge in [0.1, 0.15) is 6.10 Å². The molecule has 1 unspecified atom stereocenters. The van der Waals surface area contributed by atoms with Crippen molar-refractivity contribution in [3.63, 3.8) is 0 Å². The fraction of sp³-hybridized carbons (Fsp3) is 0.250. The maximum Gasteiger partial charge on any atom is 0.250 e. The Morgan fingerprint density at radius 1 is 0.966 bits per heavy atom. The summed E-state index contributed by atoms with van der Waals surface area (Å²) in [6.45, 7) is 1.96. The molecular weight excluding hydrogens is 362 g/mol. The predicted octanol–water partition coefficient (Wildman–Crippen LogP) is 3.40. The highest BCUT2D eigenvalue weighted by Gasteiger charge is 2.20. The molecule has 2 aromatic carbocycles. The number of nitrogens with one attached hydrogen (secondary N) is 1. The molecule has 2 heterocycles. The number of primary amides is 1. The number of hydrogen-bond donors (Lipinski definition) is 3. The van der Waals surface area contributed by atoms with Gasteiger partial charge in [0.2, 0.25) is 0 Å². The molecule has 5 heteroatoms. The van der Waals surface area contributed by atoms with Crippen LogP contribution in [0.25, 0.3) is 11.3 Å². The van der Waals surface area contributed by atoms with E-state index in [4.69, 9.17) is 10.7 Å². The van der Waals surface area contributed by atoms with E-state index in [1.807, 2.05) is 60.7 Å². The van der Waals surface area contributed by atoms with Crippen molar-refractivity contribution in [2.24, 2.45) is 5.73 Å². The summed E-state index contributed by atoms with van der Waals surface area (Å²) >= 11 is 0. The maximum absolute atomic E-state index is 12.0. The van der Waals surface area contributed by atoms with Crippen molar-refractivity contribution in [2.45, 2.75) is 24.9 Å². The van der Waals surface area contributed by atoms with E-state index in [0.29, 0.717) is 17.2 Å². The van der Waals surface area contributed by atoms with E-state index in [-0.39, 0.29) is 0 Å². The Kier molecular flexibility index (Phi) is 5.69. The van der Waals surface area contributed by atoms with Crippen molar-refractivity contribution in [3.05, 3.63) is 89.1 Å². The van der Waals surface area contributed by atoms with Crippen LogP contribution in [0.4, 0.5) is 0 Å². The molecule has 0 bridgehead atoms. The molecule has 1 saturated heterocycles. The smallest absolute Gasteiger partial charge is 0.250 e. The fourth-order valence-electron chi connectivity index (χ4n) is 3.89. The van der Waals surface area contributed by atoms with Gasteiger partial charge in [0.05, 0.1) is 11.3 Å². The molecule has 1 aromatic heterocycles. The average Bonchev–Trinajstić information content (AvgIpc) is 2.79. The molecule has 0 radical (unpaired) electrons. The van der Waals surface area contributed by atoms with E-state index in [2.05, 4.69) is 5.32 Å². The molecule has 1 atom stereocenters. The number of carbonyl (C=O) groups is 1. The summed E-state index contributed by atoms with van der Waals surface area (Å²) in [5.41, 5.74) is 10.1. The van der Waals surface area contributed by atoms with E-state index in [1.54, 1.807) is 6.07 Å². The minimum absolute atomic E-state index is 0.385. The number of benzene rings is 2. The third-order valence-corrected chi connectivity index (χ3v) is 5.55. The number of hydrogen-bond acceptors (Lipinski definition) is 4. The van der Waals surface area contributed by atoms with Gasteiger partial charge in [-0.1, -0.05) is 54.6 Å². The van der Waals surface area contributed by atoms with Crippen LogP contribution in [0.2, 0.25) is 0 Å². The summed E-state index contributed by atoms with van der Waals surface area (Å²) in [7, 11) is 0. The van der Waals surface area contributed by atoms with Gasteiger partial charge in [0.15, 0.2) is 0 Å². The Morgan fingerprint density at radius 2 is 1.62 bits per heavy atom. The van der Waals surface area contributed by atoms with Crippen molar-refractivity contribution in [2.75, 3.05) is 13.1 Å². The number of aliphatic hydroxyl groups is 1. The predicted molar refractivity (Wildman–Crippen MR) is 114 cm³/mol. The average molecular weight is 387 g/mol. The number of nitrogens with zero attached hydrogens (tertiary/aromatic N) is 1. The lowest BCUT2D eigenvalue weighted by molar-refractivity contribution is 0.100. The molecule has 3 aromatic rings. The standard InChI is InChI=1S/C24H25N3O2/c25-24(29)20-10-11-21(16-12-14-26-15-13-16)27-22(20)17-6-8-19(9-7-17)23(28)18-4-2-1-3-5-18/h1-11,16,23,26,28H,12-15H2,(H2,25,29). The lowest BCUT2D eigenvalue weighted by atomic mass is 9.92. The molecule has 0 spiro atoms. The second-order valence-electron chi connectivity index (χ2n) is 7.46. The summed E-state index contributed by atoms with van der Waals surface area (Å²) in [5, 5.41) is 14.0. The molecule has 1 amide bonds. The minimum atomic E-state index is -0.699. The summed E-state index contributed by atoms with van der Waals surface area (Å²) in [4.78, 5) is 16.8. The number of nitrogens with two attached hydrogens (primary N) is 1. The highest BCUT2D eigenvalue weighted by molar-refractivity contribution is 5.98. The van der Waals surface area contributed by atoms with Gasteiger partial charge in [-0.3, -0.25) is 9.78 Å². The lowest BCUT2D eigenvalue weighted by Crippen LogP contribution is -2.27. The first kappa shape index (κ1) is 19.3. The summed E-state index contributed by atoms with van der Waals surface area (Å²) in [6.07, 6.45) is 1.37. The van der Waals surface area contributed by atoms with Crippen LogP contribution in [0.15, 0.2) is 66.7 Å². The topological polar surface area (TPSA) is 88.2 Å². The van der Waals surface area contributed by atoms with Gasteiger partial charge in [-0.2, -0.15) is 0 Å². The van der Waals surface area contributed by atoms with Crippen molar-refractivity contribution in [1.82, 2.24) is 10.3 Å². The number of carbonyl (C=O) groups excluding carboxylic acids is 1. The number of rotatable bonds is 5. The maximum atomic E-state index is 12.0. The molecule has 5 nitrogen and oxygen atoms in total. The van der Waals surface area contributed by atoms with Gasteiger partial charge in [-0.25, -0.2) is 0 Å². The third kappa shape index (κ3) is 4.21. The van der Waals surface area contributed by atoms with E-state index >= 15 is 0 Å². The SMILES string of the molecule is NC(=O)c1ccc(C2CCNCC2)nc1-c1ccc(C(O)c2ccccc2)cc1. The molecule has 29 heavy (non-hydrogen) atoms. The van der Waals surface area contributed by atoms with E-state index < -0.39 is 12.0 Å². The van der Waals surface area contributed by atoms with Crippen LogP contribution < -0.4 is 11.1 Å². The fourth-order valence-corrected chi connectivity index (χ4v) is 3.89. The Balaban J connectivity index is 1.66. The molecule has 1 aliphatic rings. The molecule has 148 valence electrons. The van der Waals surface area contributed by atoms with Crippen LogP contribution in [-0.4, -0.2) is 29.1 Å². The van der Waals surface area contributed by atoms with Crippen molar-refractivity contribution >= 4 is 5.91 Å². The molecule has 1 aliphatic heterocycles. The Hall–Kier alpha value is -3.02. The first-order valence-corrected chi connectivity index (χ1v) is 9.98. The molecule has 0 saturated carbocycles. The molecule has 4 rings (SSSR count). The van der Waals surface area contributed by atoms with Crippen LogP contribution in [0.1, 0.15) is 52.0 Å². The van der Waals surface area contributed by atoms with E-state index in [0.717, 1.165) is 48.3 Å². The highest BCUT2D eigenvalue weighted by Crippen LogP contribution is 2.30. The van der Waals surface area contributed by atoms with E-state index in [9.17, 15) is 9.90 Å². The zero-order chi connectivity index (χ0) is 20.2. The van der Waals surface area contributed by atoms with Crippen LogP contribution in [0, 0.1) is 0 Å². The Labute approximate surface area is 170 Å². The van der Waals surface area contributed by atoms with Crippen LogP contribution in [-0.2, 0) is 0 Å². The number of aromatic nitrogens is 1. The minimum Gasteiger partial charge on any atom is -0.384 e. The first-order valence-electron chi connectivity index (χ1n) is 9.98. The quantitative estimate of drug-likeness (QED) is 0.626. The second-order valence-corrected chi connectivity index (χ2v) is 7.46. The number of amides is 1. The number of piperidine rings is 1.